The van der Waals surface area contributed by atoms with E-state index in [9.17, 15) is 0 Å². The van der Waals surface area contributed by atoms with Gasteiger partial charge in [-0.1, -0.05) is 6.07 Å². The van der Waals surface area contributed by atoms with Gasteiger partial charge in [-0.25, -0.2) is 15.0 Å². The molecule has 0 aliphatic carbocycles. The van der Waals surface area contributed by atoms with Crippen LogP contribution in [-0.4, -0.2) is 55.3 Å². The molecule has 1 saturated heterocycles. The average Bonchev–Trinajstić information content (AvgIpc) is 3.12. The summed E-state index contributed by atoms with van der Waals surface area (Å²) in [6.07, 6.45) is 2.73. The van der Waals surface area contributed by atoms with E-state index in [-0.39, 0.29) is 24.0 Å². The zero-order valence-electron chi connectivity index (χ0n) is 16.5. The van der Waals surface area contributed by atoms with Crippen molar-refractivity contribution in [3.8, 4) is 0 Å². The zero-order chi connectivity index (χ0) is 18.9. The molecule has 7 nitrogen and oxygen atoms in total. The minimum Gasteiger partial charge on any atom is -0.378 e. The molecule has 0 spiro atoms. The third-order valence-electron chi connectivity index (χ3n) is 4.27. The Bertz CT molecular complexity index is 748. The highest BCUT2D eigenvalue weighted by Crippen LogP contribution is 2.19. The second-order valence-corrected chi connectivity index (χ2v) is 7.38. The lowest BCUT2D eigenvalue weighted by Gasteiger charge is -2.29. The molecule has 2 aromatic heterocycles. The van der Waals surface area contributed by atoms with E-state index in [4.69, 9.17) is 9.73 Å². The van der Waals surface area contributed by atoms with E-state index in [2.05, 4.69) is 43.9 Å². The van der Waals surface area contributed by atoms with Crippen LogP contribution in [0.1, 0.15) is 23.2 Å². The Labute approximate surface area is 188 Å². The molecular weight excluding hydrogens is 487 g/mol. The van der Waals surface area contributed by atoms with Crippen LogP contribution in [0, 0.1) is 6.92 Å². The van der Waals surface area contributed by atoms with Crippen molar-refractivity contribution < 1.29 is 4.74 Å². The number of rotatable bonds is 7. The summed E-state index contributed by atoms with van der Waals surface area (Å²) >= 11 is 1.69. The van der Waals surface area contributed by atoms with Gasteiger partial charge < -0.3 is 20.3 Å². The predicted molar refractivity (Wildman–Crippen MR) is 126 cm³/mol. The number of thiazole rings is 1. The molecule has 2 N–H and O–H groups in total. The molecule has 3 heterocycles. The minimum absolute atomic E-state index is 0. The maximum atomic E-state index is 5.45. The van der Waals surface area contributed by atoms with Crippen LogP contribution in [0.5, 0.6) is 0 Å². The first-order valence-corrected chi connectivity index (χ1v) is 10.3. The third kappa shape index (κ3) is 6.85. The predicted octanol–water partition coefficient (Wildman–Crippen LogP) is 2.60. The van der Waals surface area contributed by atoms with Crippen molar-refractivity contribution in [2.75, 3.05) is 44.3 Å². The molecule has 1 aliphatic heterocycles. The number of nitrogens with one attached hydrogen (secondary N) is 2. The molecule has 2 aromatic rings. The monoisotopic (exact) mass is 516 g/mol. The SMILES string of the molecule is CCNC(=NCc1cccnc1N1CCOCC1)NCCc1csc(C)n1.I. The van der Waals surface area contributed by atoms with E-state index >= 15 is 0 Å². The number of hydrogen-bond acceptors (Lipinski definition) is 6. The molecule has 0 aromatic carbocycles. The van der Waals surface area contributed by atoms with E-state index in [0.717, 1.165) is 73.9 Å². The lowest BCUT2D eigenvalue weighted by Crippen LogP contribution is -2.38. The maximum absolute atomic E-state index is 5.45. The summed E-state index contributed by atoms with van der Waals surface area (Å²) in [4.78, 5) is 16.1. The molecule has 9 heteroatoms. The molecule has 1 aliphatic rings. The van der Waals surface area contributed by atoms with Crippen LogP contribution in [0.4, 0.5) is 5.82 Å². The van der Waals surface area contributed by atoms with Gasteiger partial charge in [0.1, 0.15) is 5.82 Å². The normalized spacial score (nSPS) is 14.5. The lowest BCUT2D eigenvalue weighted by molar-refractivity contribution is 0.122. The maximum Gasteiger partial charge on any atom is 0.191 e. The Hall–Kier alpha value is -1.46. The smallest absolute Gasteiger partial charge is 0.191 e. The van der Waals surface area contributed by atoms with Crippen LogP contribution in [-0.2, 0) is 17.7 Å². The van der Waals surface area contributed by atoms with Gasteiger partial charge in [-0.2, -0.15) is 0 Å². The van der Waals surface area contributed by atoms with E-state index in [1.54, 1.807) is 11.3 Å². The van der Waals surface area contributed by atoms with Crippen molar-refractivity contribution in [1.29, 1.82) is 0 Å². The van der Waals surface area contributed by atoms with Crippen molar-refractivity contribution in [2.45, 2.75) is 26.8 Å². The van der Waals surface area contributed by atoms with Gasteiger partial charge in [0.15, 0.2) is 5.96 Å². The molecule has 0 atom stereocenters. The zero-order valence-corrected chi connectivity index (χ0v) is 19.6. The van der Waals surface area contributed by atoms with E-state index in [1.165, 1.54) is 0 Å². The Kier molecular flexibility index (Phi) is 9.93. The van der Waals surface area contributed by atoms with Crippen molar-refractivity contribution in [3.63, 3.8) is 0 Å². The number of halogens is 1. The van der Waals surface area contributed by atoms with Crippen LogP contribution in [0.3, 0.4) is 0 Å². The summed E-state index contributed by atoms with van der Waals surface area (Å²) in [5, 5.41) is 9.93. The van der Waals surface area contributed by atoms with Gasteiger partial charge in [0, 0.05) is 49.7 Å². The second kappa shape index (κ2) is 12.2. The summed E-state index contributed by atoms with van der Waals surface area (Å²) in [5.41, 5.74) is 2.26. The lowest BCUT2D eigenvalue weighted by atomic mass is 10.2. The van der Waals surface area contributed by atoms with Gasteiger partial charge in [-0.3, -0.25) is 0 Å². The number of aliphatic imine (C=N–C) groups is 1. The Morgan fingerprint density at radius 2 is 2.14 bits per heavy atom. The molecule has 0 saturated carbocycles. The molecule has 0 radical (unpaired) electrons. The number of ether oxygens (including phenoxy) is 1. The number of pyridine rings is 1. The number of aromatic nitrogens is 2. The standard InChI is InChI=1S/C19H28N6OS.HI/c1-3-20-19(22-8-6-17-14-27-15(2)24-17)23-13-16-5-4-7-21-18(16)25-9-11-26-12-10-25;/h4-5,7,14H,3,6,8-13H2,1-2H3,(H2,20,22,23);1H. The summed E-state index contributed by atoms with van der Waals surface area (Å²) in [7, 11) is 0. The van der Waals surface area contributed by atoms with E-state index < -0.39 is 0 Å². The summed E-state index contributed by atoms with van der Waals surface area (Å²) < 4.78 is 5.45. The fourth-order valence-corrected chi connectivity index (χ4v) is 3.60. The van der Waals surface area contributed by atoms with Gasteiger partial charge in [-0.05, 0) is 19.9 Å². The molecule has 0 amide bonds. The van der Waals surface area contributed by atoms with Crippen molar-refractivity contribution >= 4 is 47.1 Å². The summed E-state index contributed by atoms with van der Waals surface area (Å²) in [5.74, 6) is 1.83. The van der Waals surface area contributed by atoms with Gasteiger partial charge in [0.05, 0.1) is 30.5 Å². The molecule has 0 unspecified atom stereocenters. The van der Waals surface area contributed by atoms with Crippen LogP contribution < -0.4 is 15.5 Å². The third-order valence-corrected chi connectivity index (χ3v) is 5.09. The van der Waals surface area contributed by atoms with Gasteiger partial charge in [-0.15, -0.1) is 35.3 Å². The first-order chi connectivity index (χ1) is 13.3. The topological polar surface area (TPSA) is 74.7 Å². The number of anilines is 1. The van der Waals surface area contributed by atoms with Crippen molar-refractivity contribution in [2.24, 2.45) is 4.99 Å². The van der Waals surface area contributed by atoms with Crippen molar-refractivity contribution in [1.82, 2.24) is 20.6 Å². The molecule has 28 heavy (non-hydrogen) atoms. The minimum atomic E-state index is 0. The summed E-state index contributed by atoms with van der Waals surface area (Å²) in [6, 6.07) is 4.07. The fourth-order valence-electron chi connectivity index (χ4n) is 2.95. The Morgan fingerprint density at radius 1 is 1.32 bits per heavy atom. The molecular formula is C19H29IN6OS. The van der Waals surface area contributed by atoms with Crippen molar-refractivity contribution in [3.05, 3.63) is 40.0 Å². The Morgan fingerprint density at radius 3 is 2.86 bits per heavy atom. The number of nitrogens with zero attached hydrogens (tertiary/aromatic N) is 4. The van der Waals surface area contributed by atoms with Gasteiger partial charge >= 0.3 is 0 Å². The van der Waals surface area contributed by atoms with Crippen LogP contribution in [0.25, 0.3) is 0 Å². The van der Waals surface area contributed by atoms with Gasteiger partial charge in [0.2, 0.25) is 0 Å². The number of hydrogen-bond donors (Lipinski definition) is 2. The van der Waals surface area contributed by atoms with E-state index in [0.29, 0.717) is 6.54 Å². The highest BCUT2D eigenvalue weighted by atomic mass is 127. The van der Waals surface area contributed by atoms with E-state index in [1.807, 2.05) is 19.2 Å². The highest BCUT2D eigenvalue weighted by molar-refractivity contribution is 14.0. The fraction of sp³-hybridized carbons (Fsp3) is 0.526. The average molecular weight is 516 g/mol. The molecule has 0 bridgehead atoms. The molecule has 154 valence electrons. The first-order valence-electron chi connectivity index (χ1n) is 9.46. The summed E-state index contributed by atoms with van der Waals surface area (Å²) in [6.45, 7) is 9.57. The molecule has 3 rings (SSSR count). The number of morpholine rings is 1. The highest BCUT2D eigenvalue weighted by Gasteiger charge is 2.15. The number of aryl methyl sites for hydroxylation is 1. The first kappa shape index (κ1) is 22.8. The second-order valence-electron chi connectivity index (χ2n) is 6.32. The van der Waals surface area contributed by atoms with Crippen LogP contribution >= 0.6 is 35.3 Å². The number of guanidine groups is 1. The largest absolute Gasteiger partial charge is 0.378 e. The quantitative estimate of drug-likeness (QED) is 0.335. The molecule has 1 fully saturated rings. The van der Waals surface area contributed by atoms with Gasteiger partial charge in [0.25, 0.3) is 0 Å². The Balaban J connectivity index is 0.00000280. The van der Waals surface area contributed by atoms with Crippen LogP contribution in [0.15, 0.2) is 28.7 Å². The van der Waals surface area contributed by atoms with Crippen LogP contribution in [0.2, 0.25) is 0 Å².